The number of methoxy groups -OCH3 is 1. The molecule has 2 aromatic rings. The molecule has 0 saturated heterocycles. The summed E-state index contributed by atoms with van der Waals surface area (Å²) in [6.45, 7) is 3.49. The van der Waals surface area contributed by atoms with Crippen LogP contribution in [0.5, 0.6) is 17.2 Å². The van der Waals surface area contributed by atoms with Crippen LogP contribution in [0.15, 0.2) is 24.3 Å². The zero-order chi connectivity index (χ0) is 22.0. The number of cyclic esters (lactones) is 1. The standard InChI is InChI=1S/C22H19NO7/c1-11(2)6-16(24)14-4-5-17-18(20(14)28-3)22(27)29-10-13-7-12(9-23)8-15(21(25)26)19(13)30-17/h4-5,7-8,11H,6,10H2,1-3H3,(H,25,26). The fourth-order valence-electron chi connectivity index (χ4n) is 3.22. The normalized spacial score (nSPS) is 12.4. The Labute approximate surface area is 172 Å². The topological polar surface area (TPSA) is 123 Å². The molecular weight excluding hydrogens is 390 g/mol. The average molecular weight is 409 g/mol. The van der Waals surface area contributed by atoms with E-state index in [1.165, 1.54) is 31.4 Å². The second-order valence-electron chi connectivity index (χ2n) is 7.15. The Morgan fingerprint density at radius 3 is 2.60 bits per heavy atom. The summed E-state index contributed by atoms with van der Waals surface area (Å²) in [4.78, 5) is 37.1. The zero-order valence-electron chi connectivity index (χ0n) is 16.6. The number of hydrogen-bond acceptors (Lipinski definition) is 7. The van der Waals surface area contributed by atoms with Gasteiger partial charge in [0.15, 0.2) is 5.78 Å². The highest BCUT2D eigenvalue weighted by Crippen LogP contribution is 2.40. The van der Waals surface area contributed by atoms with Crippen LogP contribution in [-0.2, 0) is 11.3 Å². The van der Waals surface area contributed by atoms with Gasteiger partial charge in [0.1, 0.15) is 35.0 Å². The van der Waals surface area contributed by atoms with Gasteiger partial charge in [-0.3, -0.25) is 4.79 Å². The molecule has 8 heteroatoms. The minimum atomic E-state index is -1.30. The summed E-state index contributed by atoms with van der Waals surface area (Å²) in [6.07, 6.45) is 0.258. The molecule has 1 aliphatic heterocycles. The lowest BCUT2D eigenvalue weighted by Gasteiger charge is -2.22. The first-order chi connectivity index (χ1) is 14.3. The van der Waals surface area contributed by atoms with Crippen LogP contribution in [0.25, 0.3) is 0 Å². The second kappa shape index (κ2) is 8.25. The molecule has 0 fully saturated rings. The maximum atomic E-state index is 12.7. The van der Waals surface area contributed by atoms with Crippen LogP contribution in [-0.4, -0.2) is 29.9 Å². The maximum Gasteiger partial charge on any atom is 0.346 e. The molecule has 3 rings (SSSR count). The first kappa shape index (κ1) is 20.9. The van der Waals surface area contributed by atoms with E-state index in [1.54, 1.807) is 0 Å². The lowest BCUT2D eigenvalue weighted by Crippen LogP contribution is -2.16. The number of Topliss-reactive ketones (excluding diaryl/α,β-unsaturated/α-hetero) is 1. The Hall–Kier alpha value is -3.86. The Morgan fingerprint density at radius 2 is 2.00 bits per heavy atom. The number of hydrogen-bond donors (Lipinski definition) is 1. The number of ketones is 1. The molecule has 0 amide bonds. The number of aromatic carboxylic acids is 1. The van der Waals surface area contributed by atoms with Gasteiger partial charge in [-0.1, -0.05) is 13.8 Å². The number of carbonyl (C=O) groups is 3. The first-order valence-corrected chi connectivity index (χ1v) is 9.16. The highest BCUT2D eigenvalue weighted by molar-refractivity contribution is 6.05. The molecule has 0 aromatic heterocycles. The molecule has 0 atom stereocenters. The fraction of sp³-hybridized carbons (Fsp3) is 0.273. The molecule has 154 valence electrons. The number of rotatable bonds is 5. The number of nitriles is 1. The van der Waals surface area contributed by atoms with E-state index in [0.29, 0.717) is 0 Å². The van der Waals surface area contributed by atoms with Crippen LogP contribution in [0.3, 0.4) is 0 Å². The van der Waals surface area contributed by atoms with Crippen molar-refractivity contribution in [1.29, 1.82) is 5.26 Å². The number of fused-ring (bicyclic) bond motifs is 2. The van der Waals surface area contributed by atoms with Crippen molar-refractivity contribution in [3.63, 3.8) is 0 Å². The molecule has 0 bridgehead atoms. The molecule has 30 heavy (non-hydrogen) atoms. The largest absolute Gasteiger partial charge is 0.495 e. The predicted molar refractivity (Wildman–Crippen MR) is 104 cm³/mol. The van der Waals surface area contributed by atoms with Gasteiger partial charge < -0.3 is 19.3 Å². The van der Waals surface area contributed by atoms with Gasteiger partial charge in [0, 0.05) is 12.0 Å². The summed E-state index contributed by atoms with van der Waals surface area (Å²) >= 11 is 0. The quantitative estimate of drug-likeness (QED) is 0.581. The molecule has 8 nitrogen and oxygen atoms in total. The number of nitrogens with zero attached hydrogens (tertiary/aromatic N) is 1. The average Bonchev–Trinajstić information content (AvgIpc) is 2.69. The summed E-state index contributed by atoms with van der Waals surface area (Å²) in [5, 5.41) is 18.7. The number of ether oxygens (including phenoxy) is 3. The molecule has 1 aliphatic rings. The zero-order valence-corrected chi connectivity index (χ0v) is 16.6. The van der Waals surface area contributed by atoms with Crippen LogP contribution in [0.1, 0.15) is 62.5 Å². The van der Waals surface area contributed by atoms with E-state index >= 15 is 0 Å². The van der Waals surface area contributed by atoms with Gasteiger partial charge in [-0.05, 0) is 30.2 Å². The Kier molecular flexibility index (Phi) is 5.74. The first-order valence-electron chi connectivity index (χ1n) is 9.16. The Balaban J connectivity index is 2.20. The van der Waals surface area contributed by atoms with E-state index in [4.69, 9.17) is 19.5 Å². The lowest BCUT2D eigenvalue weighted by molar-refractivity contribution is 0.0455. The monoisotopic (exact) mass is 409 g/mol. The third-order valence-electron chi connectivity index (χ3n) is 4.52. The summed E-state index contributed by atoms with van der Waals surface area (Å²) < 4.78 is 16.5. The second-order valence-corrected chi connectivity index (χ2v) is 7.15. The molecule has 0 spiro atoms. The van der Waals surface area contributed by atoms with Crippen molar-refractivity contribution in [3.05, 3.63) is 52.1 Å². The number of benzene rings is 2. The van der Waals surface area contributed by atoms with Gasteiger partial charge in [-0.2, -0.15) is 5.26 Å². The van der Waals surface area contributed by atoms with Gasteiger partial charge in [0.2, 0.25) is 0 Å². The van der Waals surface area contributed by atoms with Gasteiger partial charge in [0.25, 0.3) is 0 Å². The molecule has 1 heterocycles. The third kappa shape index (κ3) is 3.82. The lowest BCUT2D eigenvalue weighted by atomic mass is 9.97. The van der Waals surface area contributed by atoms with E-state index < -0.39 is 11.9 Å². The van der Waals surface area contributed by atoms with Gasteiger partial charge in [-0.15, -0.1) is 0 Å². The van der Waals surface area contributed by atoms with Crippen LogP contribution >= 0.6 is 0 Å². The minimum absolute atomic E-state index is 0.00824. The number of carbonyl (C=O) groups excluding carboxylic acids is 2. The number of carboxylic acids is 1. The van der Waals surface area contributed by atoms with Crippen LogP contribution < -0.4 is 9.47 Å². The van der Waals surface area contributed by atoms with Gasteiger partial charge in [-0.25, -0.2) is 9.59 Å². The van der Waals surface area contributed by atoms with Crippen LogP contribution in [0, 0.1) is 17.2 Å². The van der Waals surface area contributed by atoms with E-state index in [2.05, 4.69) is 0 Å². The SMILES string of the molecule is COc1c(C(=O)CC(C)C)ccc2c1C(=O)OCc1cc(C#N)cc(C(=O)O)c1O2. The van der Waals surface area contributed by atoms with E-state index in [1.807, 2.05) is 19.9 Å². The fourth-order valence-corrected chi connectivity index (χ4v) is 3.22. The molecule has 0 saturated carbocycles. The van der Waals surface area contributed by atoms with E-state index in [9.17, 15) is 19.5 Å². The molecule has 0 radical (unpaired) electrons. The Morgan fingerprint density at radius 1 is 1.27 bits per heavy atom. The molecular formula is C22H19NO7. The van der Waals surface area contributed by atoms with Crippen LogP contribution in [0.4, 0.5) is 0 Å². The minimum Gasteiger partial charge on any atom is -0.495 e. The summed E-state index contributed by atoms with van der Waals surface area (Å²) in [6, 6.07) is 7.34. The summed E-state index contributed by atoms with van der Waals surface area (Å²) in [7, 11) is 1.32. The highest BCUT2D eigenvalue weighted by Gasteiger charge is 2.30. The van der Waals surface area contributed by atoms with Gasteiger partial charge >= 0.3 is 11.9 Å². The van der Waals surface area contributed by atoms with E-state index in [0.717, 1.165) is 0 Å². The van der Waals surface area contributed by atoms with Crippen molar-refractivity contribution < 1.29 is 33.7 Å². The number of esters is 1. The van der Waals surface area contributed by atoms with E-state index in [-0.39, 0.29) is 69.8 Å². The predicted octanol–water partition coefficient (Wildman–Crippen LogP) is 3.96. The molecule has 0 unspecified atom stereocenters. The molecule has 0 aliphatic carbocycles. The van der Waals surface area contributed by atoms with Crippen molar-refractivity contribution >= 4 is 17.7 Å². The van der Waals surface area contributed by atoms with Crippen molar-refractivity contribution in [1.82, 2.24) is 0 Å². The third-order valence-corrected chi connectivity index (χ3v) is 4.52. The van der Waals surface area contributed by atoms with Crippen LogP contribution in [0.2, 0.25) is 0 Å². The van der Waals surface area contributed by atoms with Crippen molar-refractivity contribution in [3.8, 4) is 23.3 Å². The summed E-state index contributed by atoms with van der Waals surface area (Å²) in [5.41, 5.74) is 0.207. The smallest absolute Gasteiger partial charge is 0.346 e. The van der Waals surface area contributed by atoms with Gasteiger partial charge in [0.05, 0.1) is 24.3 Å². The molecule has 2 aromatic carbocycles. The summed E-state index contributed by atoms with van der Waals surface area (Å²) in [5.74, 6) is -2.23. The molecule has 1 N–H and O–H groups in total. The Bertz CT molecular complexity index is 1100. The maximum absolute atomic E-state index is 12.7. The van der Waals surface area contributed by atoms with Crippen molar-refractivity contribution in [2.75, 3.05) is 7.11 Å². The van der Waals surface area contributed by atoms with Crippen molar-refractivity contribution in [2.24, 2.45) is 5.92 Å². The van der Waals surface area contributed by atoms with Crippen molar-refractivity contribution in [2.45, 2.75) is 26.9 Å². The highest BCUT2D eigenvalue weighted by atomic mass is 16.5. The number of carboxylic acid groups (broad SMARTS) is 1.